The van der Waals surface area contributed by atoms with Crippen molar-refractivity contribution in [2.24, 2.45) is 0 Å². The first-order chi connectivity index (χ1) is 8.15. The number of benzene rings is 1. The van der Waals surface area contributed by atoms with E-state index < -0.39 is 0 Å². The maximum Gasteiger partial charge on any atom is 0.137 e. The van der Waals surface area contributed by atoms with Gasteiger partial charge in [-0.2, -0.15) is 0 Å². The summed E-state index contributed by atoms with van der Waals surface area (Å²) in [6, 6.07) is 7.85. The molecule has 0 spiro atoms. The third-order valence-corrected chi connectivity index (χ3v) is 3.19. The summed E-state index contributed by atoms with van der Waals surface area (Å²) in [5.41, 5.74) is 1.05. The standard InChI is InChI=1S/C13H18BrNO2.CH4/c1-10(17)13(6-7-15-8-9-16)11-2-4-12(14)5-3-11;/h2-5,13,15-16H,6-9H2,1H3;1H4. The Kier molecular flexibility index (Phi) is 8.89. The fourth-order valence-corrected chi connectivity index (χ4v) is 2.01. The lowest BCUT2D eigenvalue weighted by Gasteiger charge is -2.14. The zero-order valence-electron chi connectivity index (χ0n) is 9.95. The Balaban J connectivity index is 0.00000289. The first kappa shape index (κ1) is 17.3. The zero-order valence-corrected chi connectivity index (χ0v) is 11.5. The number of hydrogen-bond donors (Lipinski definition) is 2. The molecule has 18 heavy (non-hydrogen) atoms. The van der Waals surface area contributed by atoms with Crippen molar-refractivity contribution in [1.29, 1.82) is 0 Å². The van der Waals surface area contributed by atoms with E-state index in [-0.39, 0.29) is 25.7 Å². The number of hydrogen-bond acceptors (Lipinski definition) is 3. The van der Waals surface area contributed by atoms with Crippen molar-refractivity contribution in [3.8, 4) is 0 Å². The van der Waals surface area contributed by atoms with Gasteiger partial charge in [0, 0.05) is 16.9 Å². The third kappa shape index (κ3) is 5.76. The quantitative estimate of drug-likeness (QED) is 0.761. The Bertz CT molecular complexity index is 351. The topological polar surface area (TPSA) is 49.3 Å². The van der Waals surface area contributed by atoms with Gasteiger partial charge in [0.25, 0.3) is 0 Å². The number of carbonyl (C=O) groups is 1. The summed E-state index contributed by atoms with van der Waals surface area (Å²) in [5.74, 6) is 0.118. The van der Waals surface area contributed by atoms with Gasteiger partial charge in [0.1, 0.15) is 5.78 Å². The highest BCUT2D eigenvalue weighted by Gasteiger charge is 2.15. The van der Waals surface area contributed by atoms with Crippen LogP contribution in [0.5, 0.6) is 0 Å². The van der Waals surface area contributed by atoms with E-state index in [1.807, 2.05) is 24.3 Å². The second-order valence-electron chi connectivity index (χ2n) is 3.98. The average molecular weight is 316 g/mol. The molecule has 0 amide bonds. The highest BCUT2D eigenvalue weighted by atomic mass is 79.9. The molecule has 102 valence electrons. The molecule has 0 fully saturated rings. The molecule has 1 atom stereocenters. The van der Waals surface area contributed by atoms with Gasteiger partial charge in [-0.3, -0.25) is 4.79 Å². The first-order valence-corrected chi connectivity index (χ1v) is 6.52. The number of carbonyl (C=O) groups excluding carboxylic acids is 1. The third-order valence-electron chi connectivity index (χ3n) is 2.66. The van der Waals surface area contributed by atoms with Crippen LogP contribution in [0.2, 0.25) is 0 Å². The molecule has 0 aromatic heterocycles. The molecular weight excluding hydrogens is 294 g/mol. The van der Waals surface area contributed by atoms with Crippen LogP contribution in [-0.4, -0.2) is 30.6 Å². The van der Waals surface area contributed by atoms with E-state index >= 15 is 0 Å². The highest BCUT2D eigenvalue weighted by molar-refractivity contribution is 9.10. The highest BCUT2D eigenvalue weighted by Crippen LogP contribution is 2.22. The van der Waals surface area contributed by atoms with Gasteiger partial charge in [0.15, 0.2) is 0 Å². The molecule has 1 aromatic rings. The molecule has 0 saturated carbocycles. The molecule has 0 aliphatic carbocycles. The molecule has 2 N–H and O–H groups in total. The minimum atomic E-state index is -0.0608. The summed E-state index contributed by atoms with van der Waals surface area (Å²) in [4.78, 5) is 11.6. The first-order valence-electron chi connectivity index (χ1n) is 5.72. The van der Waals surface area contributed by atoms with E-state index in [0.717, 1.165) is 23.0 Å². The number of aliphatic hydroxyl groups excluding tert-OH is 1. The zero-order chi connectivity index (χ0) is 12.7. The van der Waals surface area contributed by atoms with E-state index in [1.54, 1.807) is 6.92 Å². The Morgan fingerprint density at radius 1 is 1.33 bits per heavy atom. The largest absolute Gasteiger partial charge is 0.395 e. The van der Waals surface area contributed by atoms with Crippen LogP contribution in [-0.2, 0) is 4.79 Å². The van der Waals surface area contributed by atoms with E-state index in [0.29, 0.717) is 6.54 Å². The summed E-state index contributed by atoms with van der Waals surface area (Å²) in [6.07, 6.45) is 0.761. The van der Waals surface area contributed by atoms with Gasteiger partial charge in [0.05, 0.1) is 6.61 Å². The summed E-state index contributed by atoms with van der Waals surface area (Å²) in [7, 11) is 0. The van der Waals surface area contributed by atoms with Gasteiger partial charge >= 0.3 is 0 Å². The van der Waals surface area contributed by atoms with E-state index in [1.165, 1.54) is 0 Å². The molecule has 1 unspecified atom stereocenters. The summed E-state index contributed by atoms with van der Waals surface area (Å²) < 4.78 is 1.02. The maximum atomic E-state index is 11.6. The van der Waals surface area contributed by atoms with Gasteiger partial charge in [0.2, 0.25) is 0 Å². The number of halogens is 1. The molecule has 4 heteroatoms. The lowest BCUT2D eigenvalue weighted by atomic mass is 9.92. The van der Waals surface area contributed by atoms with Crippen LogP contribution in [0.1, 0.15) is 32.3 Å². The van der Waals surface area contributed by atoms with Gasteiger partial charge in [-0.05, 0) is 37.6 Å². The smallest absolute Gasteiger partial charge is 0.137 e. The molecule has 1 aromatic carbocycles. The van der Waals surface area contributed by atoms with Crippen LogP contribution in [0.3, 0.4) is 0 Å². The Hall–Kier alpha value is -0.710. The lowest BCUT2D eigenvalue weighted by Crippen LogP contribution is -2.23. The molecule has 0 radical (unpaired) electrons. The lowest BCUT2D eigenvalue weighted by molar-refractivity contribution is -0.118. The molecule has 0 saturated heterocycles. The molecule has 0 aliphatic heterocycles. The number of Topliss-reactive ketones (excluding diaryl/α,β-unsaturated/α-hetero) is 1. The summed E-state index contributed by atoms with van der Waals surface area (Å²) in [6.45, 7) is 3.06. The Morgan fingerprint density at radius 2 is 1.94 bits per heavy atom. The predicted molar refractivity (Wildman–Crippen MR) is 78.9 cm³/mol. The molecule has 1 rings (SSSR count). The van der Waals surface area contributed by atoms with Gasteiger partial charge in [-0.1, -0.05) is 35.5 Å². The van der Waals surface area contributed by atoms with E-state index in [4.69, 9.17) is 5.11 Å². The number of rotatable bonds is 7. The van der Waals surface area contributed by atoms with Gasteiger partial charge < -0.3 is 10.4 Å². The fraction of sp³-hybridized carbons (Fsp3) is 0.500. The Morgan fingerprint density at radius 3 is 2.44 bits per heavy atom. The SMILES string of the molecule is C.CC(=O)C(CCNCCO)c1ccc(Br)cc1. The molecule has 0 aliphatic rings. The Labute approximate surface area is 118 Å². The molecule has 0 bridgehead atoms. The van der Waals surface area contributed by atoms with Crippen molar-refractivity contribution in [3.63, 3.8) is 0 Å². The van der Waals surface area contributed by atoms with Gasteiger partial charge in [-0.15, -0.1) is 0 Å². The van der Waals surface area contributed by atoms with Crippen molar-refractivity contribution in [2.45, 2.75) is 26.7 Å². The molecule has 3 nitrogen and oxygen atoms in total. The number of aliphatic hydroxyl groups is 1. The average Bonchev–Trinajstić information content (AvgIpc) is 2.30. The number of ketones is 1. The van der Waals surface area contributed by atoms with Crippen LogP contribution in [0.15, 0.2) is 28.7 Å². The second-order valence-corrected chi connectivity index (χ2v) is 4.89. The summed E-state index contributed by atoms with van der Waals surface area (Å²) >= 11 is 3.38. The van der Waals surface area contributed by atoms with E-state index in [9.17, 15) is 4.79 Å². The monoisotopic (exact) mass is 315 g/mol. The van der Waals surface area contributed by atoms with Gasteiger partial charge in [-0.25, -0.2) is 0 Å². The molecular formula is C14H22BrNO2. The van der Waals surface area contributed by atoms with Crippen LogP contribution in [0.25, 0.3) is 0 Å². The normalized spacial score (nSPS) is 11.7. The van der Waals surface area contributed by atoms with Crippen molar-refractivity contribution in [3.05, 3.63) is 34.3 Å². The van der Waals surface area contributed by atoms with Crippen LogP contribution < -0.4 is 5.32 Å². The van der Waals surface area contributed by atoms with E-state index in [2.05, 4.69) is 21.2 Å². The van der Waals surface area contributed by atoms with Crippen molar-refractivity contribution < 1.29 is 9.90 Å². The fourth-order valence-electron chi connectivity index (χ4n) is 1.75. The maximum absolute atomic E-state index is 11.6. The van der Waals surface area contributed by atoms with Crippen LogP contribution in [0.4, 0.5) is 0 Å². The van der Waals surface area contributed by atoms with Crippen molar-refractivity contribution in [2.75, 3.05) is 19.7 Å². The number of nitrogens with one attached hydrogen (secondary N) is 1. The minimum absolute atomic E-state index is 0. The summed E-state index contributed by atoms with van der Waals surface area (Å²) in [5, 5.41) is 11.7. The minimum Gasteiger partial charge on any atom is -0.395 e. The van der Waals surface area contributed by atoms with Crippen molar-refractivity contribution >= 4 is 21.7 Å². The van der Waals surface area contributed by atoms with Crippen LogP contribution in [0, 0.1) is 0 Å². The van der Waals surface area contributed by atoms with Crippen LogP contribution >= 0.6 is 15.9 Å². The predicted octanol–water partition coefficient (Wildman–Crippen LogP) is 2.73. The van der Waals surface area contributed by atoms with Crippen molar-refractivity contribution in [1.82, 2.24) is 5.32 Å². The second kappa shape index (κ2) is 9.25. The molecule has 0 heterocycles.